The SMILES string of the molecule is Cc1nc(-c2cccnc2)nc(NCCCNS(C)(=O)=O)c1C. The Balaban J connectivity index is 2.05. The normalized spacial score (nSPS) is 11.4. The van der Waals surface area contributed by atoms with Gasteiger partial charge in [0.2, 0.25) is 10.0 Å². The van der Waals surface area contributed by atoms with E-state index in [-0.39, 0.29) is 0 Å². The molecule has 2 aromatic heterocycles. The Morgan fingerprint density at radius 3 is 2.61 bits per heavy atom. The first-order chi connectivity index (χ1) is 10.9. The molecule has 0 fully saturated rings. The first-order valence-electron chi connectivity index (χ1n) is 7.31. The van der Waals surface area contributed by atoms with Crippen LogP contribution < -0.4 is 10.0 Å². The summed E-state index contributed by atoms with van der Waals surface area (Å²) in [7, 11) is -3.14. The van der Waals surface area contributed by atoms with Crippen molar-refractivity contribution in [3.63, 3.8) is 0 Å². The molecule has 0 aromatic carbocycles. The third-order valence-corrected chi connectivity index (χ3v) is 4.05. The molecule has 0 saturated heterocycles. The topological polar surface area (TPSA) is 96.9 Å². The highest BCUT2D eigenvalue weighted by atomic mass is 32.2. The molecule has 0 bridgehead atoms. The summed E-state index contributed by atoms with van der Waals surface area (Å²) in [6.07, 6.45) is 5.25. The molecule has 0 unspecified atom stereocenters. The van der Waals surface area contributed by atoms with Crippen molar-refractivity contribution >= 4 is 15.8 Å². The molecule has 0 saturated carbocycles. The highest BCUT2D eigenvalue weighted by molar-refractivity contribution is 7.88. The van der Waals surface area contributed by atoms with Crippen molar-refractivity contribution in [3.05, 3.63) is 35.8 Å². The molecule has 7 nitrogen and oxygen atoms in total. The lowest BCUT2D eigenvalue weighted by atomic mass is 10.2. The van der Waals surface area contributed by atoms with Crippen LogP contribution in [0.5, 0.6) is 0 Å². The van der Waals surface area contributed by atoms with Crippen molar-refractivity contribution in [2.45, 2.75) is 20.3 Å². The zero-order chi connectivity index (χ0) is 16.9. The van der Waals surface area contributed by atoms with Gasteiger partial charge < -0.3 is 5.32 Å². The van der Waals surface area contributed by atoms with E-state index in [1.165, 1.54) is 0 Å². The van der Waals surface area contributed by atoms with Gasteiger partial charge in [-0.1, -0.05) is 0 Å². The van der Waals surface area contributed by atoms with Gasteiger partial charge in [0.15, 0.2) is 5.82 Å². The molecule has 2 rings (SSSR count). The van der Waals surface area contributed by atoms with Gasteiger partial charge in [0.25, 0.3) is 0 Å². The van der Waals surface area contributed by atoms with Crippen LogP contribution in [0.4, 0.5) is 5.82 Å². The molecule has 0 amide bonds. The zero-order valence-corrected chi connectivity index (χ0v) is 14.3. The van der Waals surface area contributed by atoms with Crippen LogP contribution >= 0.6 is 0 Å². The number of nitrogens with zero attached hydrogens (tertiary/aromatic N) is 3. The molecule has 0 spiro atoms. The van der Waals surface area contributed by atoms with Crippen molar-refractivity contribution in [1.82, 2.24) is 19.7 Å². The van der Waals surface area contributed by atoms with Crippen LogP contribution in [0, 0.1) is 13.8 Å². The summed E-state index contributed by atoms with van der Waals surface area (Å²) in [4.78, 5) is 13.1. The number of hydrogen-bond donors (Lipinski definition) is 2. The fourth-order valence-corrected chi connectivity index (χ4v) is 2.49. The Morgan fingerprint density at radius 1 is 1.17 bits per heavy atom. The molecular weight excluding hydrogens is 314 g/mol. The van der Waals surface area contributed by atoms with Crippen LogP contribution in [0.2, 0.25) is 0 Å². The number of anilines is 1. The minimum atomic E-state index is -3.14. The largest absolute Gasteiger partial charge is 0.370 e. The highest BCUT2D eigenvalue weighted by Gasteiger charge is 2.09. The standard InChI is InChI=1S/C15H21N5O2S/c1-11-12(2)19-15(13-6-4-7-16-10-13)20-14(11)17-8-5-9-18-23(3,21)22/h4,6-7,10,18H,5,8-9H2,1-3H3,(H,17,19,20). The van der Waals surface area contributed by atoms with Gasteiger partial charge in [0.05, 0.1) is 6.26 Å². The summed E-state index contributed by atoms with van der Waals surface area (Å²) in [5, 5.41) is 3.24. The molecule has 2 aromatic rings. The smallest absolute Gasteiger partial charge is 0.208 e. The molecule has 124 valence electrons. The average Bonchev–Trinajstić information content (AvgIpc) is 2.50. The molecule has 0 aliphatic rings. The number of nitrogens with one attached hydrogen (secondary N) is 2. The van der Waals surface area contributed by atoms with Gasteiger partial charge >= 0.3 is 0 Å². The lowest BCUT2D eigenvalue weighted by Crippen LogP contribution is -2.24. The lowest BCUT2D eigenvalue weighted by molar-refractivity contribution is 0.586. The first kappa shape index (κ1) is 17.3. The Labute approximate surface area is 136 Å². The van der Waals surface area contributed by atoms with Crippen LogP contribution in [0.3, 0.4) is 0 Å². The van der Waals surface area contributed by atoms with Gasteiger partial charge in [0.1, 0.15) is 5.82 Å². The van der Waals surface area contributed by atoms with Gasteiger partial charge in [-0.25, -0.2) is 23.1 Å². The Kier molecular flexibility index (Phi) is 5.62. The molecule has 0 aliphatic heterocycles. The summed E-state index contributed by atoms with van der Waals surface area (Å²) in [6, 6.07) is 3.76. The number of pyridine rings is 1. The number of sulfonamides is 1. The van der Waals surface area contributed by atoms with E-state index in [9.17, 15) is 8.42 Å². The highest BCUT2D eigenvalue weighted by Crippen LogP contribution is 2.20. The monoisotopic (exact) mass is 335 g/mol. The van der Waals surface area contributed by atoms with Crippen LogP contribution in [-0.2, 0) is 10.0 Å². The maximum atomic E-state index is 11.0. The maximum Gasteiger partial charge on any atom is 0.208 e. The van der Waals surface area contributed by atoms with E-state index >= 15 is 0 Å². The van der Waals surface area contributed by atoms with E-state index in [1.807, 2.05) is 26.0 Å². The summed E-state index contributed by atoms with van der Waals surface area (Å²) in [5.41, 5.74) is 2.74. The number of aryl methyl sites for hydroxylation is 1. The van der Waals surface area contributed by atoms with Gasteiger partial charge in [-0.15, -0.1) is 0 Å². The second kappa shape index (κ2) is 7.47. The average molecular weight is 335 g/mol. The summed E-state index contributed by atoms with van der Waals surface area (Å²) >= 11 is 0. The Bertz CT molecular complexity index is 763. The fourth-order valence-electron chi connectivity index (χ4n) is 1.98. The molecule has 23 heavy (non-hydrogen) atoms. The number of rotatable bonds is 7. The molecule has 2 N–H and O–H groups in total. The predicted molar refractivity (Wildman–Crippen MR) is 90.7 cm³/mol. The quantitative estimate of drug-likeness (QED) is 0.745. The minimum absolute atomic E-state index is 0.393. The second-order valence-electron chi connectivity index (χ2n) is 5.29. The van der Waals surface area contributed by atoms with Gasteiger partial charge in [-0.3, -0.25) is 4.98 Å². The molecular formula is C15H21N5O2S. The van der Waals surface area contributed by atoms with Crippen LogP contribution in [0.25, 0.3) is 11.4 Å². The van der Waals surface area contributed by atoms with Crippen LogP contribution in [-0.4, -0.2) is 42.7 Å². The molecule has 8 heteroatoms. The van der Waals surface area contributed by atoms with E-state index in [0.717, 1.165) is 28.9 Å². The van der Waals surface area contributed by atoms with Crippen molar-refractivity contribution in [2.24, 2.45) is 0 Å². The van der Waals surface area contributed by atoms with E-state index in [2.05, 4.69) is 25.0 Å². The number of hydrogen-bond acceptors (Lipinski definition) is 6. The Morgan fingerprint density at radius 2 is 1.96 bits per heavy atom. The van der Waals surface area contributed by atoms with Crippen molar-refractivity contribution in [2.75, 3.05) is 24.7 Å². The van der Waals surface area contributed by atoms with Crippen molar-refractivity contribution in [3.8, 4) is 11.4 Å². The van der Waals surface area contributed by atoms with Crippen LogP contribution in [0.15, 0.2) is 24.5 Å². The van der Waals surface area contributed by atoms with E-state index in [0.29, 0.717) is 25.3 Å². The van der Waals surface area contributed by atoms with E-state index in [4.69, 9.17) is 0 Å². The predicted octanol–water partition coefficient (Wildman–Crippen LogP) is 1.51. The first-order valence-corrected chi connectivity index (χ1v) is 9.20. The van der Waals surface area contributed by atoms with Gasteiger partial charge in [-0.2, -0.15) is 0 Å². The maximum absolute atomic E-state index is 11.0. The summed E-state index contributed by atoms with van der Waals surface area (Å²) in [5.74, 6) is 1.38. The van der Waals surface area contributed by atoms with Crippen molar-refractivity contribution < 1.29 is 8.42 Å². The third-order valence-electron chi connectivity index (χ3n) is 3.32. The van der Waals surface area contributed by atoms with Gasteiger partial charge in [0, 0.05) is 42.3 Å². The number of aromatic nitrogens is 3. The Hall–Kier alpha value is -2.06. The molecule has 0 radical (unpaired) electrons. The molecule has 0 atom stereocenters. The molecule has 0 aliphatic carbocycles. The zero-order valence-electron chi connectivity index (χ0n) is 13.5. The summed E-state index contributed by atoms with van der Waals surface area (Å²) < 4.78 is 24.5. The molecule has 2 heterocycles. The van der Waals surface area contributed by atoms with Gasteiger partial charge in [-0.05, 0) is 32.4 Å². The van der Waals surface area contributed by atoms with E-state index in [1.54, 1.807) is 12.4 Å². The second-order valence-corrected chi connectivity index (χ2v) is 7.13. The fraction of sp³-hybridized carbons (Fsp3) is 0.400. The third kappa shape index (κ3) is 5.26. The summed E-state index contributed by atoms with van der Waals surface area (Å²) in [6.45, 7) is 4.91. The minimum Gasteiger partial charge on any atom is -0.370 e. The van der Waals surface area contributed by atoms with Crippen molar-refractivity contribution in [1.29, 1.82) is 0 Å². The van der Waals surface area contributed by atoms with E-state index < -0.39 is 10.0 Å². The van der Waals surface area contributed by atoms with Crippen LogP contribution in [0.1, 0.15) is 17.7 Å². The lowest BCUT2D eigenvalue weighted by Gasteiger charge is -2.12.